The molecule has 1 aliphatic heterocycles. The standard InChI is InChI=1S/C18H23N5O2S/c1-13(12-14-4-3-11-26-14)21-18(25)23-9-7-22(8-10-23)17-15(16(19)24)5-2-6-20-17/h2-6,11,13H,7-10,12H2,1H3,(H2,19,24)(H,21,25)/t13-/m1/s1. The van der Waals surface area contributed by atoms with Crippen molar-refractivity contribution in [2.24, 2.45) is 5.73 Å². The van der Waals surface area contributed by atoms with E-state index in [2.05, 4.69) is 16.4 Å². The summed E-state index contributed by atoms with van der Waals surface area (Å²) in [7, 11) is 0. The third-order valence-electron chi connectivity index (χ3n) is 4.38. The van der Waals surface area contributed by atoms with Gasteiger partial charge in [-0.25, -0.2) is 9.78 Å². The van der Waals surface area contributed by atoms with Crippen LogP contribution in [0.2, 0.25) is 0 Å². The van der Waals surface area contributed by atoms with E-state index in [1.54, 1.807) is 34.6 Å². The molecule has 1 aliphatic rings. The number of amides is 3. The van der Waals surface area contributed by atoms with Gasteiger partial charge in [0.1, 0.15) is 5.82 Å². The summed E-state index contributed by atoms with van der Waals surface area (Å²) in [5.74, 6) is 0.0989. The second kappa shape index (κ2) is 8.18. The Morgan fingerprint density at radius 3 is 2.69 bits per heavy atom. The normalized spacial score (nSPS) is 15.6. The van der Waals surface area contributed by atoms with Crippen LogP contribution in [0.4, 0.5) is 10.6 Å². The molecule has 3 N–H and O–H groups in total. The molecule has 0 radical (unpaired) electrons. The molecule has 26 heavy (non-hydrogen) atoms. The lowest BCUT2D eigenvalue weighted by atomic mass is 10.2. The van der Waals surface area contributed by atoms with Crippen LogP contribution in [0, 0.1) is 0 Å². The lowest BCUT2D eigenvalue weighted by Crippen LogP contribution is -2.53. The molecule has 7 nitrogen and oxygen atoms in total. The highest BCUT2D eigenvalue weighted by molar-refractivity contribution is 7.09. The van der Waals surface area contributed by atoms with Gasteiger partial charge in [-0.1, -0.05) is 6.07 Å². The van der Waals surface area contributed by atoms with E-state index in [9.17, 15) is 9.59 Å². The largest absolute Gasteiger partial charge is 0.365 e. The van der Waals surface area contributed by atoms with Crippen molar-refractivity contribution in [3.63, 3.8) is 0 Å². The van der Waals surface area contributed by atoms with Gasteiger partial charge in [-0.05, 0) is 30.5 Å². The van der Waals surface area contributed by atoms with Gasteiger partial charge in [-0.15, -0.1) is 11.3 Å². The molecule has 1 saturated heterocycles. The summed E-state index contributed by atoms with van der Waals surface area (Å²) in [6, 6.07) is 7.50. The molecule has 3 heterocycles. The number of aromatic nitrogens is 1. The fourth-order valence-electron chi connectivity index (χ4n) is 3.05. The van der Waals surface area contributed by atoms with Crippen LogP contribution < -0.4 is 16.0 Å². The van der Waals surface area contributed by atoms with Crippen molar-refractivity contribution >= 4 is 29.1 Å². The average Bonchev–Trinajstić information content (AvgIpc) is 3.14. The lowest BCUT2D eigenvalue weighted by molar-refractivity contribution is 0.1000. The zero-order chi connectivity index (χ0) is 18.5. The van der Waals surface area contributed by atoms with Gasteiger partial charge >= 0.3 is 6.03 Å². The molecule has 0 spiro atoms. The van der Waals surface area contributed by atoms with Crippen LogP contribution in [-0.2, 0) is 6.42 Å². The summed E-state index contributed by atoms with van der Waals surface area (Å²) in [6.07, 6.45) is 2.48. The van der Waals surface area contributed by atoms with Crippen LogP contribution in [-0.4, -0.2) is 54.0 Å². The molecule has 1 atom stereocenters. The van der Waals surface area contributed by atoms with E-state index in [4.69, 9.17) is 5.73 Å². The van der Waals surface area contributed by atoms with E-state index >= 15 is 0 Å². The van der Waals surface area contributed by atoms with Gasteiger partial charge in [-0.3, -0.25) is 4.79 Å². The number of nitrogens with two attached hydrogens (primary N) is 1. The van der Waals surface area contributed by atoms with Crippen LogP contribution in [0.15, 0.2) is 35.8 Å². The molecular weight excluding hydrogens is 350 g/mol. The molecule has 0 unspecified atom stereocenters. The fourth-order valence-corrected chi connectivity index (χ4v) is 3.88. The number of nitrogens with one attached hydrogen (secondary N) is 1. The Bertz CT molecular complexity index is 757. The number of piperazine rings is 1. The topological polar surface area (TPSA) is 91.6 Å². The van der Waals surface area contributed by atoms with Gasteiger partial charge in [0.2, 0.25) is 0 Å². The van der Waals surface area contributed by atoms with E-state index in [1.807, 2.05) is 23.3 Å². The van der Waals surface area contributed by atoms with Crippen molar-refractivity contribution in [2.75, 3.05) is 31.1 Å². The summed E-state index contributed by atoms with van der Waals surface area (Å²) in [6.45, 7) is 4.40. The predicted octanol–water partition coefficient (Wildman–Crippen LogP) is 1.70. The van der Waals surface area contributed by atoms with Crippen molar-refractivity contribution in [2.45, 2.75) is 19.4 Å². The molecular formula is C18H23N5O2S. The Balaban J connectivity index is 1.53. The Kier molecular flexibility index (Phi) is 5.72. The van der Waals surface area contributed by atoms with E-state index in [0.717, 1.165) is 6.42 Å². The molecule has 2 aromatic heterocycles. The molecule has 0 saturated carbocycles. The fraction of sp³-hybridized carbons (Fsp3) is 0.389. The first-order chi connectivity index (χ1) is 12.5. The number of hydrogen-bond acceptors (Lipinski definition) is 5. The Labute approximate surface area is 156 Å². The average molecular weight is 373 g/mol. The molecule has 1 fully saturated rings. The number of anilines is 1. The summed E-state index contributed by atoms with van der Waals surface area (Å²) >= 11 is 1.70. The number of carbonyl (C=O) groups excluding carboxylic acids is 2. The number of urea groups is 1. The zero-order valence-electron chi connectivity index (χ0n) is 14.7. The monoisotopic (exact) mass is 373 g/mol. The molecule has 0 bridgehead atoms. The van der Waals surface area contributed by atoms with Crippen LogP contribution in [0.1, 0.15) is 22.2 Å². The minimum absolute atomic E-state index is 0.0511. The van der Waals surface area contributed by atoms with Crippen LogP contribution in [0.5, 0.6) is 0 Å². The maximum absolute atomic E-state index is 12.5. The summed E-state index contributed by atoms with van der Waals surface area (Å²) < 4.78 is 0. The number of hydrogen-bond donors (Lipinski definition) is 2. The van der Waals surface area contributed by atoms with Gasteiger partial charge in [0.05, 0.1) is 5.56 Å². The zero-order valence-corrected chi connectivity index (χ0v) is 15.5. The number of primary amides is 1. The smallest absolute Gasteiger partial charge is 0.317 e. The van der Waals surface area contributed by atoms with Crippen LogP contribution in [0.25, 0.3) is 0 Å². The second-order valence-corrected chi connectivity index (χ2v) is 7.38. The molecule has 0 aliphatic carbocycles. The third kappa shape index (κ3) is 4.32. The maximum Gasteiger partial charge on any atom is 0.317 e. The first-order valence-electron chi connectivity index (χ1n) is 8.62. The van der Waals surface area contributed by atoms with Crippen LogP contribution >= 0.6 is 11.3 Å². The molecule has 3 amide bonds. The number of thiophene rings is 1. The lowest BCUT2D eigenvalue weighted by Gasteiger charge is -2.36. The highest BCUT2D eigenvalue weighted by atomic mass is 32.1. The number of rotatable bonds is 5. The van der Waals surface area contributed by atoms with Gasteiger partial charge in [0.15, 0.2) is 0 Å². The van der Waals surface area contributed by atoms with E-state index in [1.165, 1.54) is 4.88 Å². The van der Waals surface area contributed by atoms with E-state index < -0.39 is 5.91 Å². The Morgan fingerprint density at radius 1 is 1.27 bits per heavy atom. The molecule has 138 valence electrons. The SMILES string of the molecule is C[C@H](Cc1cccs1)NC(=O)N1CCN(c2ncccc2C(N)=O)CC1. The van der Waals surface area contributed by atoms with Crippen LogP contribution in [0.3, 0.4) is 0 Å². The van der Waals surface area contributed by atoms with Gasteiger partial charge in [0, 0.05) is 49.7 Å². The highest BCUT2D eigenvalue weighted by Crippen LogP contribution is 2.18. The Hall–Kier alpha value is -2.61. The number of carbonyl (C=O) groups is 2. The summed E-state index contributed by atoms with van der Waals surface area (Å²) in [5, 5.41) is 5.10. The van der Waals surface area contributed by atoms with Crippen molar-refractivity contribution < 1.29 is 9.59 Å². The maximum atomic E-state index is 12.5. The van der Waals surface area contributed by atoms with E-state index in [-0.39, 0.29) is 12.1 Å². The minimum Gasteiger partial charge on any atom is -0.365 e. The number of pyridine rings is 1. The van der Waals surface area contributed by atoms with Crippen molar-refractivity contribution in [3.8, 4) is 0 Å². The first kappa shape index (κ1) is 18.2. The molecule has 2 aromatic rings. The van der Waals surface area contributed by atoms with Crippen molar-refractivity contribution in [1.82, 2.24) is 15.2 Å². The van der Waals surface area contributed by atoms with Crippen molar-refractivity contribution in [3.05, 3.63) is 46.3 Å². The summed E-state index contributed by atoms with van der Waals surface area (Å²) in [5.41, 5.74) is 5.84. The summed E-state index contributed by atoms with van der Waals surface area (Å²) in [4.78, 5) is 33.4. The second-order valence-electron chi connectivity index (χ2n) is 6.35. The van der Waals surface area contributed by atoms with E-state index in [0.29, 0.717) is 37.6 Å². The quantitative estimate of drug-likeness (QED) is 0.835. The number of nitrogens with zero attached hydrogens (tertiary/aromatic N) is 3. The minimum atomic E-state index is -0.490. The predicted molar refractivity (Wildman–Crippen MR) is 103 cm³/mol. The first-order valence-corrected chi connectivity index (χ1v) is 9.50. The van der Waals surface area contributed by atoms with Gasteiger partial charge in [0.25, 0.3) is 5.91 Å². The van der Waals surface area contributed by atoms with Crippen molar-refractivity contribution in [1.29, 1.82) is 0 Å². The Morgan fingerprint density at radius 2 is 2.04 bits per heavy atom. The molecule has 3 rings (SSSR count). The van der Waals surface area contributed by atoms with Gasteiger partial charge < -0.3 is 20.9 Å². The van der Waals surface area contributed by atoms with Gasteiger partial charge in [-0.2, -0.15) is 0 Å². The third-order valence-corrected chi connectivity index (χ3v) is 5.27. The molecule has 8 heteroatoms. The highest BCUT2D eigenvalue weighted by Gasteiger charge is 2.25. The molecule has 0 aromatic carbocycles.